The normalized spacial score (nSPS) is 16.3. The van der Waals surface area contributed by atoms with Crippen LogP contribution in [-0.4, -0.2) is 39.8 Å². The van der Waals surface area contributed by atoms with Gasteiger partial charge in [0.2, 0.25) is 5.91 Å². The molecule has 3 amide bonds. The molecule has 2 N–H and O–H groups in total. The van der Waals surface area contributed by atoms with Gasteiger partial charge in [-0.15, -0.1) is 0 Å². The first-order chi connectivity index (χ1) is 13.4. The average molecular weight is 398 g/mol. The molecule has 1 fully saturated rings. The Morgan fingerprint density at radius 1 is 1.11 bits per heavy atom. The van der Waals surface area contributed by atoms with Gasteiger partial charge >= 0.3 is 0 Å². The van der Waals surface area contributed by atoms with Crippen molar-refractivity contribution in [3.05, 3.63) is 65.7 Å². The number of carboxylic acids is 1. The first kappa shape index (κ1) is 19.4. The lowest BCUT2D eigenvalue weighted by molar-refractivity contribution is -0.255. The fraction of sp³-hybridized carbons (Fsp3) is 0.158. The number of aromatic carboxylic acids is 1. The van der Waals surface area contributed by atoms with Crippen molar-refractivity contribution in [2.24, 2.45) is 5.73 Å². The lowest BCUT2D eigenvalue weighted by atomic mass is 10.1. The van der Waals surface area contributed by atoms with E-state index in [1.54, 1.807) is 36.4 Å². The van der Waals surface area contributed by atoms with Crippen molar-refractivity contribution in [1.82, 2.24) is 4.90 Å². The molecular weight excluding hydrogens is 382 g/mol. The van der Waals surface area contributed by atoms with Crippen molar-refractivity contribution in [3.63, 3.8) is 0 Å². The molecule has 2 aromatic carbocycles. The number of hydrogen-bond donors (Lipinski definition) is 1. The smallest absolute Gasteiger partial charge is 0.291 e. The Labute approximate surface area is 164 Å². The van der Waals surface area contributed by atoms with E-state index >= 15 is 0 Å². The zero-order chi connectivity index (χ0) is 20.3. The Morgan fingerprint density at radius 3 is 2.46 bits per heavy atom. The number of carbonyl (C=O) groups excluding carboxylic acids is 4. The maximum absolute atomic E-state index is 12.9. The van der Waals surface area contributed by atoms with E-state index in [-0.39, 0.29) is 18.7 Å². The zero-order valence-corrected chi connectivity index (χ0v) is 15.4. The van der Waals surface area contributed by atoms with Crippen molar-refractivity contribution >= 4 is 40.5 Å². The molecule has 1 aliphatic heterocycles. The molecule has 28 heavy (non-hydrogen) atoms. The van der Waals surface area contributed by atoms with Gasteiger partial charge in [0.1, 0.15) is 0 Å². The molecule has 1 aliphatic rings. The number of carboxylic acid groups (broad SMARTS) is 1. The molecule has 0 aliphatic carbocycles. The number of carbonyl (C=O) groups is 4. The molecule has 3 rings (SSSR count). The number of imide groups is 1. The monoisotopic (exact) mass is 398 g/mol. The van der Waals surface area contributed by atoms with Crippen LogP contribution in [0.15, 0.2) is 54.6 Å². The fourth-order valence-corrected chi connectivity index (χ4v) is 3.87. The van der Waals surface area contributed by atoms with Crippen molar-refractivity contribution < 1.29 is 24.3 Å². The second-order valence-electron chi connectivity index (χ2n) is 6.08. The number of nitrogens with zero attached hydrogens (tertiary/aromatic N) is 2. The number of nitrogens with two attached hydrogens (primary N) is 1. The van der Waals surface area contributed by atoms with Gasteiger partial charge in [0, 0.05) is 5.69 Å². The van der Waals surface area contributed by atoms with E-state index in [9.17, 15) is 24.3 Å². The number of para-hydroxylation sites is 1. The van der Waals surface area contributed by atoms with Crippen molar-refractivity contribution in [2.75, 3.05) is 11.4 Å². The Morgan fingerprint density at radius 2 is 1.82 bits per heavy atom. The lowest BCUT2D eigenvalue weighted by Gasteiger charge is -2.27. The van der Waals surface area contributed by atoms with E-state index in [2.05, 4.69) is 0 Å². The molecule has 0 bridgehead atoms. The summed E-state index contributed by atoms with van der Waals surface area (Å²) < 4.78 is 0. The van der Waals surface area contributed by atoms with Crippen LogP contribution in [0.4, 0.5) is 10.5 Å². The summed E-state index contributed by atoms with van der Waals surface area (Å²) >= 11 is 0.783. The van der Waals surface area contributed by atoms with E-state index < -0.39 is 28.4 Å². The average Bonchev–Trinajstić information content (AvgIpc) is 2.95. The Bertz CT molecular complexity index is 934. The maximum atomic E-state index is 12.9. The molecule has 9 heteroatoms. The molecule has 0 unspecified atom stereocenters. The van der Waals surface area contributed by atoms with Gasteiger partial charge in [-0.1, -0.05) is 36.4 Å². The van der Waals surface area contributed by atoms with Crippen LogP contribution in [0.5, 0.6) is 0 Å². The standard InChI is InChI=1S/C19H17N3O5S/c20-15(23)11-21(14-7-2-1-3-8-14)17-16(24)22(19(27)28-17)10-12-5-4-6-13(9-12)18(25)26/h1-9,17H,10-11H2,(H2,20,23)(H,25,26)/p-1/t17-/m0/s1. The summed E-state index contributed by atoms with van der Waals surface area (Å²) in [7, 11) is 0. The van der Waals surface area contributed by atoms with Crippen molar-refractivity contribution in [2.45, 2.75) is 11.9 Å². The van der Waals surface area contributed by atoms with Gasteiger partial charge in [0.25, 0.3) is 11.1 Å². The van der Waals surface area contributed by atoms with Crippen LogP contribution >= 0.6 is 11.8 Å². The molecule has 2 aromatic rings. The van der Waals surface area contributed by atoms with Crippen LogP contribution in [0.3, 0.4) is 0 Å². The van der Waals surface area contributed by atoms with Crippen molar-refractivity contribution in [1.29, 1.82) is 0 Å². The molecule has 0 saturated carbocycles. The molecule has 8 nitrogen and oxygen atoms in total. The van der Waals surface area contributed by atoms with Crippen LogP contribution in [0.25, 0.3) is 0 Å². The number of rotatable bonds is 7. The lowest BCUT2D eigenvalue weighted by Crippen LogP contribution is -2.45. The van der Waals surface area contributed by atoms with Crippen LogP contribution in [0.1, 0.15) is 15.9 Å². The molecule has 0 radical (unpaired) electrons. The fourth-order valence-electron chi connectivity index (χ4n) is 2.85. The van der Waals surface area contributed by atoms with E-state index in [4.69, 9.17) is 5.73 Å². The first-order valence-electron chi connectivity index (χ1n) is 8.29. The Kier molecular flexibility index (Phi) is 5.65. The van der Waals surface area contributed by atoms with Gasteiger partial charge < -0.3 is 20.5 Å². The largest absolute Gasteiger partial charge is 0.545 e. The topological polar surface area (TPSA) is 124 Å². The van der Waals surface area contributed by atoms with Crippen LogP contribution < -0.4 is 15.7 Å². The highest BCUT2D eigenvalue weighted by Gasteiger charge is 2.43. The first-order valence-corrected chi connectivity index (χ1v) is 9.17. The number of thioether (sulfide) groups is 1. The number of benzene rings is 2. The summed E-state index contributed by atoms with van der Waals surface area (Å²) in [6.07, 6.45) is 0. The van der Waals surface area contributed by atoms with E-state index in [1.807, 2.05) is 0 Å². The summed E-state index contributed by atoms with van der Waals surface area (Å²) in [6, 6.07) is 14.6. The van der Waals surface area contributed by atoms with Gasteiger partial charge in [-0.05, 0) is 41.1 Å². The molecule has 0 aromatic heterocycles. The van der Waals surface area contributed by atoms with Gasteiger partial charge in [0.15, 0.2) is 5.37 Å². The molecule has 1 heterocycles. The van der Waals surface area contributed by atoms with Gasteiger partial charge in [-0.3, -0.25) is 19.3 Å². The maximum Gasteiger partial charge on any atom is 0.291 e. The van der Waals surface area contributed by atoms with Crippen LogP contribution in [0.2, 0.25) is 0 Å². The molecule has 1 atom stereocenters. The van der Waals surface area contributed by atoms with Crippen LogP contribution in [0, 0.1) is 0 Å². The van der Waals surface area contributed by atoms with E-state index in [0.29, 0.717) is 11.3 Å². The minimum Gasteiger partial charge on any atom is -0.545 e. The second-order valence-corrected chi connectivity index (χ2v) is 7.11. The highest BCUT2D eigenvalue weighted by molar-refractivity contribution is 8.15. The minimum atomic E-state index is -1.34. The van der Waals surface area contributed by atoms with Crippen molar-refractivity contribution in [3.8, 4) is 0 Å². The number of primary amides is 1. The van der Waals surface area contributed by atoms with Gasteiger partial charge in [0.05, 0.1) is 19.1 Å². The highest BCUT2D eigenvalue weighted by atomic mass is 32.2. The highest BCUT2D eigenvalue weighted by Crippen LogP contribution is 2.33. The number of amides is 3. The second kappa shape index (κ2) is 8.13. The SMILES string of the molecule is NC(=O)CN(c1ccccc1)[C@H]1SC(=O)N(Cc2cccc(C(=O)[O-])c2)C1=O. The molecule has 0 spiro atoms. The van der Waals surface area contributed by atoms with Gasteiger partial charge in [-0.25, -0.2) is 0 Å². The minimum absolute atomic E-state index is 0.0413. The number of anilines is 1. The number of hydrogen-bond acceptors (Lipinski definition) is 7. The third-order valence-electron chi connectivity index (χ3n) is 4.11. The summed E-state index contributed by atoms with van der Waals surface area (Å²) in [5.41, 5.74) is 6.34. The van der Waals surface area contributed by atoms with E-state index in [1.165, 1.54) is 23.1 Å². The molecule has 144 valence electrons. The van der Waals surface area contributed by atoms with Crippen LogP contribution in [-0.2, 0) is 16.1 Å². The summed E-state index contributed by atoms with van der Waals surface area (Å²) in [6.45, 7) is -0.309. The third-order valence-corrected chi connectivity index (χ3v) is 5.21. The summed E-state index contributed by atoms with van der Waals surface area (Å²) in [5.74, 6) is -2.48. The summed E-state index contributed by atoms with van der Waals surface area (Å²) in [4.78, 5) is 50.3. The Balaban J connectivity index is 1.84. The quantitative estimate of drug-likeness (QED) is 0.723. The predicted molar refractivity (Wildman–Crippen MR) is 101 cm³/mol. The summed E-state index contributed by atoms with van der Waals surface area (Å²) in [5, 5.41) is 9.58. The zero-order valence-electron chi connectivity index (χ0n) is 14.6. The van der Waals surface area contributed by atoms with Gasteiger partial charge in [-0.2, -0.15) is 0 Å². The molecule has 1 saturated heterocycles. The van der Waals surface area contributed by atoms with E-state index in [0.717, 1.165) is 16.7 Å². The molecular formula is C19H16N3O5S-. The Hall–Kier alpha value is -3.33. The predicted octanol–water partition coefficient (Wildman–Crippen LogP) is 0.563. The third kappa shape index (κ3) is 4.15.